The lowest BCUT2D eigenvalue weighted by Gasteiger charge is -2.15. The number of halogens is 1. The summed E-state index contributed by atoms with van der Waals surface area (Å²) in [6.45, 7) is 4.33. The minimum absolute atomic E-state index is 0.212. The van der Waals surface area contributed by atoms with Crippen LogP contribution in [-0.2, 0) is 6.42 Å². The minimum atomic E-state index is -0.492. The Morgan fingerprint density at radius 2 is 2.14 bits per heavy atom. The molecule has 0 saturated heterocycles. The van der Waals surface area contributed by atoms with Crippen LogP contribution in [0.4, 0.5) is 4.39 Å². The molecular weight excluding hydrogens is 179 g/mol. The van der Waals surface area contributed by atoms with Gasteiger partial charge in [-0.2, -0.15) is 0 Å². The topological polar surface area (TPSA) is 20.2 Å². The number of phenols is 1. The fourth-order valence-electron chi connectivity index (χ4n) is 2.34. The van der Waals surface area contributed by atoms with Gasteiger partial charge < -0.3 is 5.11 Å². The molecule has 14 heavy (non-hydrogen) atoms. The smallest absolute Gasteiger partial charge is 0.165 e. The Morgan fingerprint density at radius 3 is 2.79 bits per heavy atom. The standard InChI is InChI=1S/C12H15FO/c1-7(2)9-4-3-8-5-11(13)12(14)6-10(8)9/h5-7,9,14H,3-4H2,1-2H3. The van der Waals surface area contributed by atoms with E-state index in [0.29, 0.717) is 11.8 Å². The summed E-state index contributed by atoms with van der Waals surface area (Å²) in [5, 5.41) is 9.31. The fourth-order valence-corrected chi connectivity index (χ4v) is 2.34. The molecule has 0 aliphatic heterocycles. The molecule has 1 nitrogen and oxygen atoms in total. The molecule has 0 spiro atoms. The molecule has 0 radical (unpaired) electrons. The molecule has 0 fully saturated rings. The Balaban J connectivity index is 2.45. The molecular formula is C12H15FO. The van der Waals surface area contributed by atoms with Gasteiger partial charge >= 0.3 is 0 Å². The van der Waals surface area contributed by atoms with Crippen molar-refractivity contribution >= 4 is 0 Å². The lowest BCUT2D eigenvalue weighted by molar-refractivity contribution is 0.429. The molecule has 0 saturated carbocycles. The van der Waals surface area contributed by atoms with Crippen LogP contribution in [0.3, 0.4) is 0 Å². The SMILES string of the molecule is CC(C)C1CCc2cc(F)c(O)cc21. The lowest BCUT2D eigenvalue weighted by Crippen LogP contribution is -2.02. The van der Waals surface area contributed by atoms with Crippen molar-refractivity contribution in [3.05, 3.63) is 29.1 Å². The number of fused-ring (bicyclic) bond motifs is 1. The van der Waals surface area contributed by atoms with E-state index in [4.69, 9.17) is 0 Å². The van der Waals surface area contributed by atoms with E-state index in [1.807, 2.05) is 0 Å². The zero-order valence-corrected chi connectivity index (χ0v) is 8.55. The van der Waals surface area contributed by atoms with Gasteiger partial charge in [0.15, 0.2) is 11.6 Å². The summed E-state index contributed by atoms with van der Waals surface area (Å²) in [6.07, 6.45) is 2.02. The number of aryl methyl sites for hydroxylation is 1. The van der Waals surface area contributed by atoms with Gasteiger partial charge in [-0.3, -0.25) is 0 Å². The second-order valence-corrected chi connectivity index (χ2v) is 4.39. The molecule has 0 heterocycles. The van der Waals surface area contributed by atoms with Gasteiger partial charge in [-0.05, 0) is 47.9 Å². The van der Waals surface area contributed by atoms with Crippen molar-refractivity contribution in [1.29, 1.82) is 0 Å². The average molecular weight is 194 g/mol. The van der Waals surface area contributed by atoms with Crippen LogP contribution in [0.5, 0.6) is 5.75 Å². The van der Waals surface area contributed by atoms with Gasteiger partial charge in [0.2, 0.25) is 0 Å². The summed E-state index contributed by atoms with van der Waals surface area (Å²) in [4.78, 5) is 0. The van der Waals surface area contributed by atoms with Crippen molar-refractivity contribution in [3.63, 3.8) is 0 Å². The predicted molar refractivity (Wildman–Crippen MR) is 54.0 cm³/mol. The van der Waals surface area contributed by atoms with Crippen LogP contribution in [-0.4, -0.2) is 5.11 Å². The zero-order chi connectivity index (χ0) is 10.3. The van der Waals surface area contributed by atoms with Gasteiger partial charge in [0.1, 0.15) is 0 Å². The van der Waals surface area contributed by atoms with Crippen molar-refractivity contribution in [2.75, 3.05) is 0 Å². The third kappa shape index (κ3) is 1.39. The van der Waals surface area contributed by atoms with Crippen LogP contribution < -0.4 is 0 Å². The summed E-state index contributed by atoms with van der Waals surface area (Å²) in [7, 11) is 0. The van der Waals surface area contributed by atoms with Crippen molar-refractivity contribution in [1.82, 2.24) is 0 Å². The van der Waals surface area contributed by atoms with Gasteiger partial charge in [-0.15, -0.1) is 0 Å². The van der Waals surface area contributed by atoms with E-state index in [2.05, 4.69) is 13.8 Å². The first kappa shape index (κ1) is 9.50. The molecule has 1 aromatic carbocycles. The van der Waals surface area contributed by atoms with Crippen LogP contribution in [0.1, 0.15) is 37.3 Å². The van der Waals surface area contributed by atoms with Gasteiger partial charge in [-0.25, -0.2) is 4.39 Å². The van der Waals surface area contributed by atoms with Crippen molar-refractivity contribution < 1.29 is 9.50 Å². The number of rotatable bonds is 1. The van der Waals surface area contributed by atoms with E-state index in [1.54, 1.807) is 6.07 Å². The maximum atomic E-state index is 13.1. The quantitative estimate of drug-likeness (QED) is 0.727. The first-order valence-corrected chi connectivity index (χ1v) is 5.11. The Hall–Kier alpha value is -1.05. The van der Waals surface area contributed by atoms with Crippen LogP contribution in [0, 0.1) is 11.7 Å². The Bertz CT molecular complexity index is 358. The minimum Gasteiger partial charge on any atom is -0.505 e. The van der Waals surface area contributed by atoms with Crippen LogP contribution in [0.2, 0.25) is 0 Å². The molecule has 1 aromatic rings. The maximum absolute atomic E-state index is 13.1. The Morgan fingerprint density at radius 1 is 1.43 bits per heavy atom. The van der Waals surface area contributed by atoms with E-state index in [-0.39, 0.29) is 5.75 Å². The summed E-state index contributed by atoms with van der Waals surface area (Å²) in [5.41, 5.74) is 2.21. The zero-order valence-electron chi connectivity index (χ0n) is 8.55. The highest BCUT2D eigenvalue weighted by molar-refractivity contribution is 5.41. The van der Waals surface area contributed by atoms with Gasteiger partial charge in [0.25, 0.3) is 0 Å². The normalized spacial score (nSPS) is 20.1. The average Bonchev–Trinajstić information content (AvgIpc) is 2.48. The van der Waals surface area contributed by atoms with E-state index in [1.165, 1.54) is 6.07 Å². The lowest BCUT2D eigenvalue weighted by atomic mass is 9.90. The Kier molecular flexibility index (Phi) is 2.22. The highest BCUT2D eigenvalue weighted by atomic mass is 19.1. The maximum Gasteiger partial charge on any atom is 0.165 e. The van der Waals surface area contributed by atoms with E-state index >= 15 is 0 Å². The largest absolute Gasteiger partial charge is 0.505 e. The molecule has 1 atom stereocenters. The Labute approximate surface area is 83.6 Å². The highest BCUT2D eigenvalue weighted by Crippen LogP contribution is 2.40. The first-order chi connectivity index (χ1) is 6.59. The molecule has 1 unspecified atom stereocenters. The highest BCUT2D eigenvalue weighted by Gasteiger charge is 2.26. The van der Waals surface area contributed by atoms with Crippen molar-refractivity contribution in [2.24, 2.45) is 5.92 Å². The first-order valence-electron chi connectivity index (χ1n) is 5.11. The molecule has 76 valence electrons. The molecule has 2 heteroatoms. The van der Waals surface area contributed by atoms with E-state index < -0.39 is 5.82 Å². The van der Waals surface area contributed by atoms with Crippen molar-refractivity contribution in [2.45, 2.75) is 32.6 Å². The third-order valence-electron chi connectivity index (χ3n) is 3.14. The fraction of sp³-hybridized carbons (Fsp3) is 0.500. The molecule has 1 N–H and O–H groups in total. The predicted octanol–water partition coefficient (Wildman–Crippen LogP) is 3.22. The summed E-state index contributed by atoms with van der Waals surface area (Å²) in [6, 6.07) is 3.08. The van der Waals surface area contributed by atoms with Gasteiger partial charge in [-0.1, -0.05) is 13.8 Å². The summed E-state index contributed by atoms with van der Waals surface area (Å²) in [5.74, 6) is 0.335. The second-order valence-electron chi connectivity index (χ2n) is 4.39. The third-order valence-corrected chi connectivity index (χ3v) is 3.14. The number of hydrogen-bond acceptors (Lipinski definition) is 1. The van der Waals surface area contributed by atoms with Crippen LogP contribution in [0.15, 0.2) is 12.1 Å². The number of benzene rings is 1. The molecule has 1 aliphatic carbocycles. The van der Waals surface area contributed by atoms with Crippen LogP contribution >= 0.6 is 0 Å². The number of phenolic OH excluding ortho intramolecular Hbond substituents is 1. The molecule has 0 bridgehead atoms. The van der Waals surface area contributed by atoms with E-state index in [9.17, 15) is 9.50 Å². The van der Waals surface area contributed by atoms with Crippen LogP contribution in [0.25, 0.3) is 0 Å². The molecule has 0 amide bonds. The second kappa shape index (κ2) is 3.26. The van der Waals surface area contributed by atoms with E-state index in [0.717, 1.165) is 24.0 Å². The van der Waals surface area contributed by atoms with Gasteiger partial charge in [0, 0.05) is 0 Å². The molecule has 2 rings (SSSR count). The van der Waals surface area contributed by atoms with Crippen molar-refractivity contribution in [3.8, 4) is 5.75 Å². The number of aromatic hydroxyl groups is 1. The molecule has 0 aromatic heterocycles. The van der Waals surface area contributed by atoms with Gasteiger partial charge in [0.05, 0.1) is 0 Å². The molecule has 1 aliphatic rings. The monoisotopic (exact) mass is 194 g/mol. The summed E-state index contributed by atoms with van der Waals surface area (Å²) < 4.78 is 13.1. The summed E-state index contributed by atoms with van der Waals surface area (Å²) >= 11 is 0. The number of hydrogen-bond donors (Lipinski definition) is 1.